The number of hydrogen-bond donors (Lipinski definition) is 2. The molecule has 1 atom stereocenters. The van der Waals surface area contributed by atoms with Crippen molar-refractivity contribution in [1.82, 2.24) is 14.9 Å². The highest BCUT2D eigenvalue weighted by Crippen LogP contribution is 2.34. The zero-order valence-corrected chi connectivity index (χ0v) is 23.2. The highest BCUT2D eigenvalue weighted by molar-refractivity contribution is 5.95. The second-order valence-corrected chi connectivity index (χ2v) is 10.8. The third-order valence-corrected chi connectivity index (χ3v) is 6.15. The second kappa shape index (κ2) is 12.1. The average molecular weight is 561 g/mol. The summed E-state index contributed by atoms with van der Waals surface area (Å²) in [4.78, 5) is 17.1. The molecule has 0 aliphatic carbocycles. The summed E-state index contributed by atoms with van der Waals surface area (Å²) in [6.45, 7) is 8.57. The largest absolute Gasteiger partial charge is 0.490 e. The SMILES string of the molecule is CC(C)Oc1ccc(C(=O)N[C@H](CCO)Cc2c(F)c(F)c(-c3cn(C)c(C(C)(C)C)n3)c(F)c2F)cc1C#N. The van der Waals surface area contributed by atoms with Gasteiger partial charge in [-0.2, -0.15) is 5.26 Å². The molecule has 3 rings (SSSR count). The van der Waals surface area contributed by atoms with Gasteiger partial charge in [0.2, 0.25) is 0 Å². The lowest BCUT2D eigenvalue weighted by molar-refractivity contribution is 0.0929. The summed E-state index contributed by atoms with van der Waals surface area (Å²) in [5.41, 5.74) is -2.45. The van der Waals surface area contributed by atoms with Crippen molar-refractivity contribution in [3.63, 3.8) is 0 Å². The first kappa shape index (κ1) is 30.6. The quantitative estimate of drug-likeness (QED) is 0.273. The molecule has 40 heavy (non-hydrogen) atoms. The van der Waals surface area contributed by atoms with Crippen molar-refractivity contribution in [3.8, 4) is 23.1 Å². The monoisotopic (exact) mass is 560 g/mol. The minimum Gasteiger partial charge on any atom is -0.490 e. The summed E-state index contributed by atoms with van der Waals surface area (Å²) in [7, 11) is 1.61. The van der Waals surface area contributed by atoms with E-state index in [1.807, 2.05) is 26.8 Å². The van der Waals surface area contributed by atoms with Gasteiger partial charge in [-0.25, -0.2) is 22.5 Å². The van der Waals surface area contributed by atoms with Crippen molar-refractivity contribution < 1.29 is 32.2 Å². The predicted molar refractivity (Wildman–Crippen MR) is 141 cm³/mol. The third-order valence-electron chi connectivity index (χ3n) is 6.15. The van der Waals surface area contributed by atoms with Gasteiger partial charge in [-0.3, -0.25) is 4.79 Å². The van der Waals surface area contributed by atoms with E-state index in [0.29, 0.717) is 5.82 Å². The van der Waals surface area contributed by atoms with Gasteiger partial charge >= 0.3 is 0 Å². The Morgan fingerprint density at radius 3 is 2.27 bits per heavy atom. The van der Waals surface area contributed by atoms with Gasteiger partial charge < -0.3 is 19.7 Å². The van der Waals surface area contributed by atoms with Gasteiger partial charge in [0, 0.05) is 42.4 Å². The number of imidazole rings is 1. The summed E-state index contributed by atoms with van der Waals surface area (Å²) in [5.74, 6) is -6.43. The van der Waals surface area contributed by atoms with Crippen LogP contribution < -0.4 is 10.1 Å². The molecule has 214 valence electrons. The number of aliphatic hydroxyl groups excluding tert-OH is 1. The van der Waals surface area contributed by atoms with Crippen LogP contribution in [0.4, 0.5) is 17.6 Å². The Hall–Kier alpha value is -3.91. The first-order valence-corrected chi connectivity index (χ1v) is 12.7. The minimum atomic E-state index is -1.61. The maximum Gasteiger partial charge on any atom is 0.251 e. The number of nitriles is 1. The van der Waals surface area contributed by atoms with Crippen LogP contribution in [-0.2, 0) is 18.9 Å². The molecular weight excluding hydrogens is 528 g/mol. The van der Waals surface area contributed by atoms with Crippen molar-refractivity contribution in [2.45, 2.75) is 65.0 Å². The summed E-state index contributed by atoms with van der Waals surface area (Å²) < 4.78 is 67.8. The van der Waals surface area contributed by atoms with Gasteiger partial charge in [0.05, 0.1) is 22.9 Å². The molecule has 0 spiro atoms. The lowest BCUT2D eigenvalue weighted by Crippen LogP contribution is -2.37. The fourth-order valence-corrected chi connectivity index (χ4v) is 4.38. The van der Waals surface area contributed by atoms with Crippen LogP contribution in [0.1, 0.15) is 68.3 Å². The van der Waals surface area contributed by atoms with E-state index in [-0.39, 0.29) is 35.1 Å². The molecule has 0 unspecified atom stereocenters. The lowest BCUT2D eigenvalue weighted by atomic mass is 9.96. The standard InChI is InChI=1S/C29H32F4N4O3/c1-15(2)40-21-8-7-16(11-17(21)13-34)27(39)35-18(9-10-38)12-19-23(30)25(32)22(26(33)24(19)31)20-14-37(6)28(36-20)29(3,4)5/h7-8,11,14-15,18,38H,9-10,12H2,1-6H3,(H,35,39)/t18-/m1/s1. The number of hydrogen-bond acceptors (Lipinski definition) is 5. The van der Waals surface area contributed by atoms with Crippen molar-refractivity contribution >= 4 is 5.91 Å². The number of rotatable bonds is 9. The Kier molecular flexibility index (Phi) is 9.25. The third kappa shape index (κ3) is 6.45. The van der Waals surface area contributed by atoms with Crippen LogP contribution in [0, 0.1) is 34.6 Å². The number of benzene rings is 2. The van der Waals surface area contributed by atoms with Crippen molar-refractivity contribution in [3.05, 3.63) is 70.2 Å². The molecule has 1 aromatic heterocycles. The topological polar surface area (TPSA) is 100 Å². The number of nitrogens with one attached hydrogen (secondary N) is 1. The average Bonchev–Trinajstić information content (AvgIpc) is 3.27. The van der Waals surface area contributed by atoms with E-state index in [4.69, 9.17) is 4.74 Å². The maximum atomic E-state index is 15.2. The van der Waals surface area contributed by atoms with E-state index < -0.39 is 64.8 Å². The second-order valence-electron chi connectivity index (χ2n) is 10.8. The van der Waals surface area contributed by atoms with E-state index in [0.717, 1.165) is 0 Å². The Morgan fingerprint density at radius 2 is 1.77 bits per heavy atom. The molecule has 11 heteroatoms. The Balaban J connectivity index is 1.93. The molecule has 1 heterocycles. The van der Waals surface area contributed by atoms with Gasteiger partial charge in [-0.15, -0.1) is 0 Å². The minimum absolute atomic E-state index is 0.0500. The number of carbonyl (C=O) groups excluding carboxylic acids is 1. The molecule has 2 aromatic carbocycles. The van der Waals surface area contributed by atoms with Crippen molar-refractivity contribution in [2.75, 3.05) is 6.61 Å². The summed E-state index contributed by atoms with van der Waals surface area (Å²) >= 11 is 0. The van der Waals surface area contributed by atoms with Crippen LogP contribution in [0.25, 0.3) is 11.3 Å². The fourth-order valence-electron chi connectivity index (χ4n) is 4.38. The number of aryl methyl sites for hydroxylation is 1. The van der Waals surface area contributed by atoms with Crippen LogP contribution in [0.15, 0.2) is 24.4 Å². The van der Waals surface area contributed by atoms with Crippen LogP contribution in [-0.4, -0.2) is 39.3 Å². The van der Waals surface area contributed by atoms with Crippen LogP contribution in [0.3, 0.4) is 0 Å². The normalized spacial score (nSPS) is 12.4. The van der Waals surface area contributed by atoms with Crippen LogP contribution in [0.2, 0.25) is 0 Å². The lowest BCUT2D eigenvalue weighted by Gasteiger charge is -2.20. The molecule has 0 saturated heterocycles. The van der Waals surface area contributed by atoms with Gasteiger partial charge in [-0.05, 0) is 44.9 Å². The smallest absolute Gasteiger partial charge is 0.251 e. The molecule has 0 radical (unpaired) electrons. The van der Waals surface area contributed by atoms with E-state index in [9.17, 15) is 15.2 Å². The Bertz CT molecular complexity index is 1430. The predicted octanol–water partition coefficient (Wildman–Crippen LogP) is 5.32. The molecular formula is C29H32F4N4O3. The zero-order valence-electron chi connectivity index (χ0n) is 23.2. The van der Waals surface area contributed by atoms with Gasteiger partial charge in [-0.1, -0.05) is 20.8 Å². The highest BCUT2D eigenvalue weighted by Gasteiger charge is 2.31. The Labute approximate surface area is 230 Å². The molecule has 0 fully saturated rings. The van der Waals surface area contributed by atoms with Gasteiger partial charge in [0.25, 0.3) is 5.91 Å². The van der Waals surface area contributed by atoms with Crippen molar-refractivity contribution in [2.24, 2.45) is 7.05 Å². The number of ether oxygens (including phenoxy) is 1. The summed E-state index contributed by atoms with van der Waals surface area (Å²) in [6, 6.07) is 4.98. The fraction of sp³-hybridized carbons (Fsp3) is 0.414. The molecule has 2 N–H and O–H groups in total. The van der Waals surface area contributed by atoms with Gasteiger partial charge in [0.1, 0.15) is 17.6 Å². The van der Waals surface area contributed by atoms with Gasteiger partial charge in [0.15, 0.2) is 23.3 Å². The zero-order chi connectivity index (χ0) is 29.9. The Morgan fingerprint density at radius 1 is 1.15 bits per heavy atom. The van der Waals surface area contributed by atoms with Crippen LogP contribution >= 0.6 is 0 Å². The van der Waals surface area contributed by atoms with Crippen molar-refractivity contribution in [1.29, 1.82) is 5.26 Å². The molecule has 0 aliphatic rings. The first-order valence-electron chi connectivity index (χ1n) is 12.7. The van der Waals surface area contributed by atoms with Crippen LogP contribution in [0.5, 0.6) is 5.75 Å². The molecule has 0 saturated carbocycles. The number of aliphatic hydroxyl groups is 1. The number of carbonyl (C=O) groups is 1. The highest BCUT2D eigenvalue weighted by atomic mass is 19.2. The van der Waals surface area contributed by atoms with E-state index in [1.165, 1.54) is 29.0 Å². The molecule has 3 aromatic rings. The number of amides is 1. The first-order chi connectivity index (χ1) is 18.7. The molecule has 1 amide bonds. The number of halogens is 4. The van der Waals surface area contributed by atoms with E-state index in [2.05, 4.69) is 10.3 Å². The van der Waals surface area contributed by atoms with E-state index >= 15 is 17.6 Å². The van der Waals surface area contributed by atoms with E-state index in [1.54, 1.807) is 20.9 Å². The number of aromatic nitrogens is 2. The maximum absolute atomic E-state index is 15.2. The number of nitrogens with zero attached hydrogens (tertiary/aromatic N) is 3. The summed E-state index contributed by atoms with van der Waals surface area (Å²) in [6.07, 6.45) is 0.274. The molecule has 0 bridgehead atoms. The molecule has 0 aliphatic heterocycles. The summed E-state index contributed by atoms with van der Waals surface area (Å²) in [5, 5.41) is 21.4. The molecule has 7 nitrogen and oxygen atoms in total.